The fraction of sp³-hybridized carbons (Fsp3) is 0.565. The minimum atomic E-state index is 0. The number of aromatic nitrogens is 2. The van der Waals surface area contributed by atoms with Crippen molar-refractivity contribution < 1.29 is 9.47 Å². The second-order valence-corrected chi connectivity index (χ2v) is 7.78. The first-order chi connectivity index (χ1) is 14.7. The fourth-order valence-electron chi connectivity index (χ4n) is 4.06. The number of hydrogen-bond donors (Lipinski definition) is 1. The van der Waals surface area contributed by atoms with Crippen molar-refractivity contribution in [2.45, 2.75) is 39.2 Å². The lowest BCUT2D eigenvalue weighted by Crippen LogP contribution is -2.49. The summed E-state index contributed by atoms with van der Waals surface area (Å²) in [5.74, 6) is 3.21. The Morgan fingerprint density at radius 2 is 2.16 bits per heavy atom. The normalized spacial score (nSPS) is 19.0. The first kappa shape index (κ1) is 25.3. The summed E-state index contributed by atoms with van der Waals surface area (Å²) in [6.45, 7) is 7.80. The van der Waals surface area contributed by atoms with Gasteiger partial charge < -0.3 is 24.3 Å². The molecule has 0 radical (unpaired) electrons. The summed E-state index contributed by atoms with van der Waals surface area (Å²) in [4.78, 5) is 11.1. The molecule has 0 spiro atoms. The van der Waals surface area contributed by atoms with Gasteiger partial charge in [0.1, 0.15) is 0 Å². The van der Waals surface area contributed by atoms with Gasteiger partial charge in [-0.2, -0.15) is 0 Å². The van der Waals surface area contributed by atoms with Crippen LogP contribution in [-0.4, -0.2) is 60.8 Å². The van der Waals surface area contributed by atoms with Gasteiger partial charge in [0.15, 0.2) is 17.5 Å². The van der Waals surface area contributed by atoms with Crippen molar-refractivity contribution in [3.63, 3.8) is 0 Å². The lowest BCUT2D eigenvalue weighted by Gasteiger charge is -2.39. The van der Waals surface area contributed by atoms with Crippen LogP contribution in [0.25, 0.3) is 0 Å². The Morgan fingerprint density at radius 1 is 1.32 bits per heavy atom. The van der Waals surface area contributed by atoms with E-state index in [4.69, 9.17) is 9.47 Å². The van der Waals surface area contributed by atoms with Gasteiger partial charge in [-0.1, -0.05) is 13.0 Å². The second kappa shape index (κ2) is 12.8. The van der Waals surface area contributed by atoms with Crippen LogP contribution >= 0.6 is 24.0 Å². The van der Waals surface area contributed by atoms with Gasteiger partial charge in [0.05, 0.1) is 26.1 Å². The highest BCUT2D eigenvalue weighted by atomic mass is 127. The van der Waals surface area contributed by atoms with Crippen molar-refractivity contribution in [2.75, 3.05) is 40.4 Å². The van der Waals surface area contributed by atoms with Crippen LogP contribution < -0.4 is 14.8 Å². The van der Waals surface area contributed by atoms with E-state index < -0.39 is 0 Å². The Labute approximate surface area is 203 Å². The number of hydrogen-bond acceptors (Lipinski definition) is 4. The molecular weight excluding hydrogens is 505 g/mol. The van der Waals surface area contributed by atoms with E-state index in [1.807, 2.05) is 32.6 Å². The van der Waals surface area contributed by atoms with E-state index in [0.717, 1.165) is 56.4 Å². The van der Waals surface area contributed by atoms with Crippen molar-refractivity contribution in [1.82, 2.24) is 19.8 Å². The number of aliphatic imine (C=N–C) groups is 1. The molecule has 3 rings (SSSR count). The molecule has 7 nitrogen and oxygen atoms in total. The van der Waals surface area contributed by atoms with E-state index in [1.165, 1.54) is 5.56 Å². The van der Waals surface area contributed by atoms with Gasteiger partial charge in [-0.05, 0) is 49.8 Å². The average Bonchev–Trinajstić information content (AvgIpc) is 3.29. The molecule has 0 amide bonds. The van der Waals surface area contributed by atoms with E-state index >= 15 is 0 Å². The highest BCUT2D eigenvalue weighted by Crippen LogP contribution is 2.29. The minimum absolute atomic E-state index is 0. The number of nitrogens with one attached hydrogen (secondary N) is 1. The smallest absolute Gasteiger partial charge is 0.193 e. The first-order valence-corrected chi connectivity index (χ1v) is 10.9. The summed E-state index contributed by atoms with van der Waals surface area (Å²) < 4.78 is 13.3. The molecule has 0 bridgehead atoms. The number of piperidine rings is 1. The van der Waals surface area contributed by atoms with Crippen LogP contribution in [0.2, 0.25) is 0 Å². The number of likely N-dealkylation sites (tertiary alicyclic amines) is 1. The predicted octanol–water partition coefficient (Wildman–Crippen LogP) is 4.00. The van der Waals surface area contributed by atoms with Crippen LogP contribution in [0.5, 0.6) is 11.5 Å². The van der Waals surface area contributed by atoms with Crippen molar-refractivity contribution >= 4 is 29.9 Å². The molecule has 0 aliphatic carbocycles. The maximum Gasteiger partial charge on any atom is 0.193 e. The zero-order chi connectivity index (χ0) is 21.3. The predicted molar refractivity (Wildman–Crippen MR) is 136 cm³/mol. The van der Waals surface area contributed by atoms with Crippen LogP contribution in [0, 0.1) is 5.92 Å². The van der Waals surface area contributed by atoms with Gasteiger partial charge in [0, 0.05) is 39.1 Å². The van der Waals surface area contributed by atoms with Gasteiger partial charge in [-0.15, -0.1) is 24.0 Å². The Hall–Kier alpha value is -1.97. The summed E-state index contributed by atoms with van der Waals surface area (Å²) in [7, 11) is 3.54. The third-order valence-corrected chi connectivity index (χ3v) is 5.79. The molecule has 172 valence electrons. The summed E-state index contributed by atoms with van der Waals surface area (Å²) in [5.41, 5.74) is 1.25. The van der Waals surface area contributed by atoms with Crippen LogP contribution in [0.1, 0.15) is 38.3 Å². The standard InChI is InChI=1S/C23H35N5O2.HI/c1-5-30-22-15-19(8-9-21(22)29-4)7-6-11-26-23(24-3)27-13-10-18(2)20(16-27)28-14-12-25-17-28;/h8-9,12,14-15,17-18,20H,5-7,10-11,13,16H2,1-4H3,(H,24,26);1H. The van der Waals surface area contributed by atoms with Gasteiger partial charge in [-0.3, -0.25) is 4.99 Å². The van der Waals surface area contributed by atoms with Gasteiger partial charge in [-0.25, -0.2) is 4.98 Å². The molecule has 1 aliphatic rings. The van der Waals surface area contributed by atoms with Crippen LogP contribution in [0.3, 0.4) is 0 Å². The minimum Gasteiger partial charge on any atom is -0.493 e. The number of nitrogens with zero attached hydrogens (tertiary/aromatic N) is 4. The van der Waals surface area contributed by atoms with Crippen molar-refractivity contribution in [2.24, 2.45) is 10.9 Å². The van der Waals surface area contributed by atoms with E-state index in [9.17, 15) is 0 Å². The Morgan fingerprint density at radius 3 is 2.84 bits per heavy atom. The molecule has 2 aromatic rings. The highest BCUT2D eigenvalue weighted by molar-refractivity contribution is 14.0. The molecule has 2 atom stereocenters. The number of ether oxygens (including phenoxy) is 2. The largest absolute Gasteiger partial charge is 0.493 e. The first-order valence-electron chi connectivity index (χ1n) is 10.9. The molecule has 8 heteroatoms. The quantitative estimate of drug-likeness (QED) is 0.237. The highest BCUT2D eigenvalue weighted by Gasteiger charge is 2.28. The molecule has 1 saturated heterocycles. The molecule has 0 saturated carbocycles. The lowest BCUT2D eigenvalue weighted by molar-refractivity contribution is 0.189. The fourth-order valence-corrected chi connectivity index (χ4v) is 4.06. The van der Waals surface area contributed by atoms with Crippen molar-refractivity contribution in [1.29, 1.82) is 0 Å². The maximum atomic E-state index is 5.69. The van der Waals surface area contributed by atoms with E-state index in [-0.39, 0.29) is 24.0 Å². The van der Waals surface area contributed by atoms with Crippen molar-refractivity contribution in [3.8, 4) is 11.5 Å². The maximum absolute atomic E-state index is 5.69. The molecule has 2 heterocycles. The number of guanidine groups is 1. The molecule has 1 fully saturated rings. The van der Waals surface area contributed by atoms with Gasteiger partial charge in [0.2, 0.25) is 0 Å². The summed E-state index contributed by atoms with van der Waals surface area (Å²) in [5, 5.41) is 3.55. The van der Waals surface area contributed by atoms with Gasteiger partial charge in [0.25, 0.3) is 0 Å². The molecule has 1 aromatic heterocycles. The third-order valence-electron chi connectivity index (χ3n) is 5.79. The molecule has 1 aliphatic heterocycles. The van der Waals surface area contributed by atoms with Crippen molar-refractivity contribution in [3.05, 3.63) is 42.5 Å². The molecule has 1 N–H and O–H groups in total. The number of aryl methyl sites for hydroxylation is 1. The average molecular weight is 541 g/mol. The zero-order valence-corrected chi connectivity index (χ0v) is 21.4. The van der Waals surface area contributed by atoms with Crippen LogP contribution in [0.4, 0.5) is 0 Å². The van der Waals surface area contributed by atoms with E-state index in [1.54, 1.807) is 7.11 Å². The van der Waals surface area contributed by atoms with Crippen LogP contribution in [-0.2, 0) is 6.42 Å². The van der Waals surface area contributed by atoms with Gasteiger partial charge >= 0.3 is 0 Å². The van der Waals surface area contributed by atoms with E-state index in [2.05, 4.69) is 50.0 Å². The molecular formula is C23H36IN5O2. The number of methoxy groups -OCH3 is 1. The second-order valence-electron chi connectivity index (χ2n) is 7.78. The zero-order valence-electron chi connectivity index (χ0n) is 19.1. The Kier molecular flexibility index (Phi) is 10.4. The summed E-state index contributed by atoms with van der Waals surface area (Å²) in [6, 6.07) is 6.60. The summed E-state index contributed by atoms with van der Waals surface area (Å²) >= 11 is 0. The third kappa shape index (κ3) is 6.75. The van der Waals surface area contributed by atoms with Crippen LogP contribution in [0.15, 0.2) is 41.9 Å². The molecule has 31 heavy (non-hydrogen) atoms. The summed E-state index contributed by atoms with van der Waals surface area (Å²) in [6.07, 6.45) is 8.98. The Bertz CT molecular complexity index is 812. The number of halogens is 1. The lowest BCUT2D eigenvalue weighted by atomic mass is 9.93. The monoisotopic (exact) mass is 541 g/mol. The Balaban J connectivity index is 0.00000341. The van der Waals surface area contributed by atoms with E-state index in [0.29, 0.717) is 18.6 Å². The number of rotatable bonds is 8. The molecule has 1 aromatic carbocycles. The SMILES string of the molecule is CCOc1cc(CCCNC(=NC)N2CCC(C)C(n3ccnc3)C2)ccc1OC.I. The number of imidazole rings is 1. The molecule has 2 unspecified atom stereocenters. The number of benzene rings is 1. The topological polar surface area (TPSA) is 63.9 Å².